The molecule has 1 aromatic rings. The van der Waals surface area contributed by atoms with Gasteiger partial charge in [-0.3, -0.25) is 4.98 Å². The molecule has 2 rings (SSSR count). The molecule has 0 aromatic carbocycles. The molecule has 1 N–H and O–H groups in total. The molecule has 0 saturated carbocycles. The molecule has 114 valence electrons. The number of aromatic nitrogens is 1. The van der Waals surface area contributed by atoms with Crippen molar-refractivity contribution in [3.63, 3.8) is 0 Å². The van der Waals surface area contributed by atoms with Crippen LogP contribution in [0.1, 0.15) is 32.3 Å². The van der Waals surface area contributed by atoms with E-state index in [0.29, 0.717) is 18.0 Å². The fraction of sp³-hybridized carbons (Fsp3) is 0.533. The van der Waals surface area contributed by atoms with Crippen molar-refractivity contribution in [3.8, 4) is 11.8 Å². The van der Waals surface area contributed by atoms with Crippen LogP contribution < -0.4 is 0 Å². The van der Waals surface area contributed by atoms with E-state index in [1.807, 2.05) is 6.92 Å². The molecular formula is C15H20N2O3S. The van der Waals surface area contributed by atoms with Crippen LogP contribution in [0, 0.1) is 17.8 Å². The quantitative estimate of drug-likeness (QED) is 0.834. The summed E-state index contributed by atoms with van der Waals surface area (Å²) in [6.45, 7) is 4.27. The largest absolute Gasteiger partial charge is 0.384 e. The zero-order valence-electron chi connectivity index (χ0n) is 12.3. The third-order valence-corrected chi connectivity index (χ3v) is 5.64. The van der Waals surface area contributed by atoms with Gasteiger partial charge in [-0.15, -0.1) is 0 Å². The molecule has 1 fully saturated rings. The Morgan fingerprint density at radius 1 is 1.38 bits per heavy atom. The molecule has 5 nitrogen and oxygen atoms in total. The van der Waals surface area contributed by atoms with E-state index in [9.17, 15) is 8.42 Å². The van der Waals surface area contributed by atoms with E-state index < -0.39 is 10.0 Å². The topological polar surface area (TPSA) is 70.5 Å². The summed E-state index contributed by atoms with van der Waals surface area (Å²) in [7, 11) is -3.55. The predicted molar refractivity (Wildman–Crippen MR) is 80.0 cm³/mol. The molecule has 1 aromatic heterocycles. The van der Waals surface area contributed by atoms with Gasteiger partial charge in [0.1, 0.15) is 11.5 Å². The Kier molecular flexibility index (Phi) is 4.99. The van der Waals surface area contributed by atoms with Crippen LogP contribution in [0.25, 0.3) is 0 Å². The summed E-state index contributed by atoms with van der Waals surface area (Å²) in [5.74, 6) is 5.54. The molecule has 0 spiro atoms. The monoisotopic (exact) mass is 308 g/mol. The average Bonchev–Trinajstić information content (AvgIpc) is 2.48. The van der Waals surface area contributed by atoms with Crippen LogP contribution in [0.3, 0.4) is 0 Å². The van der Waals surface area contributed by atoms with Crippen molar-refractivity contribution in [2.24, 2.45) is 5.92 Å². The van der Waals surface area contributed by atoms with Crippen LogP contribution in [0.5, 0.6) is 0 Å². The molecule has 0 radical (unpaired) electrons. The molecule has 2 atom stereocenters. The summed E-state index contributed by atoms with van der Waals surface area (Å²) in [5, 5.41) is 8.70. The fourth-order valence-electron chi connectivity index (χ4n) is 2.49. The molecule has 2 heterocycles. The maximum Gasteiger partial charge on any atom is 0.244 e. The third kappa shape index (κ3) is 3.62. The number of hydrogen-bond acceptors (Lipinski definition) is 4. The number of sulfonamides is 1. The van der Waals surface area contributed by atoms with Crippen LogP contribution >= 0.6 is 0 Å². The van der Waals surface area contributed by atoms with Gasteiger partial charge in [0.05, 0.1) is 0 Å². The molecule has 1 saturated heterocycles. The lowest BCUT2D eigenvalue weighted by atomic mass is 9.97. The zero-order valence-corrected chi connectivity index (χ0v) is 13.1. The van der Waals surface area contributed by atoms with Crippen molar-refractivity contribution in [3.05, 3.63) is 24.0 Å². The summed E-state index contributed by atoms with van der Waals surface area (Å²) in [6.07, 6.45) is 4.76. The van der Waals surface area contributed by atoms with Gasteiger partial charge in [0.15, 0.2) is 0 Å². The summed E-state index contributed by atoms with van der Waals surface area (Å²) >= 11 is 0. The van der Waals surface area contributed by atoms with Crippen molar-refractivity contribution in [1.29, 1.82) is 0 Å². The highest BCUT2D eigenvalue weighted by Crippen LogP contribution is 2.27. The Bertz CT molecular complexity index is 661. The lowest BCUT2D eigenvalue weighted by Gasteiger charge is -2.35. The second kappa shape index (κ2) is 6.56. The summed E-state index contributed by atoms with van der Waals surface area (Å²) in [5.41, 5.74) is 0.489. The third-order valence-electron chi connectivity index (χ3n) is 3.69. The van der Waals surface area contributed by atoms with Gasteiger partial charge < -0.3 is 5.11 Å². The van der Waals surface area contributed by atoms with E-state index in [2.05, 4.69) is 23.7 Å². The number of aliphatic hydroxyl groups is 1. The molecule has 6 heteroatoms. The molecule has 0 amide bonds. The first-order chi connectivity index (χ1) is 9.95. The van der Waals surface area contributed by atoms with E-state index in [0.717, 1.165) is 12.8 Å². The molecule has 2 unspecified atom stereocenters. The second-order valence-electron chi connectivity index (χ2n) is 5.48. The number of hydrogen-bond donors (Lipinski definition) is 1. The molecule has 1 aliphatic heterocycles. The van der Waals surface area contributed by atoms with Crippen LogP contribution in [0.15, 0.2) is 23.4 Å². The van der Waals surface area contributed by atoms with Gasteiger partial charge in [-0.2, -0.15) is 4.31 Å². The van der Waals surface area contributed by atoms with Crippen molar-refractivity contribution >= 4 is 10.0 Å². The Morgan fingerprint density at radius 3 is 2.86 bits per heavy atom. The van der Waals surface area contributed by atoms with E-state index in [4.69, 9.17) is 5.11 Å². The molecule has 0 aliphatic carbocycles. The van der Waals surface area contributed by atoms with Crippen molar-refractivity contribution in [2.45, 2.75) is 37.6 Å². The molecule has 0 bridgehead atoms. The average molecular weight is 308 g/mol. The normalized spacial score (nSPS) is 23.4. The Labute approximate surface area is 126 Å². The number of rotatable bonds is 2. The Balaban J connectivity index is 2.34. The smallest absolute Gasteiger partial charge is 0.244 e. The zero-order chi connectivity index (χ0) is 15.5. The molecule has 1 aliphatic rings. The van der Waals surface area contributed by atoms with Crippen LogP contribution in [-0.2, 0) is 10.0 Å². The van der Waals surface area contributed by atoms with E-state index in [1.54, 1.807) is 4.31 Å². The van der Waals surface area contributed by atoms with Crippen LogP contribution in [0.4, 0.5) is 0 Å². The van der Waals surface area contributed by atoms with Crippen molar-refractivity contribution in [1.82, 2.24) is 9.29 Å². The lowest BCUT2D eigenvalue weighted by molar-refractivity contribution is 0.218. The van der Waals surface area contributed by atoms with Gasteiger partial charge >= 0.3 is 0 Å². The van der Waals surface area contributed by atoms with Crippen LogP contribution in [-0.4, -0.2) is 42.0 Å². The van der Waals surface area contributed by atoms with Gasteiger partial charge in [-0.25, -0.2) is 8.42 Å². The summed E-state index contributed by atoms with van der Waals surface area (Å²) < 4.78 is 27.1. The molecular weight excluding hydrogens is 288 g/mol. The van der Waals surface area contributed by atoms with Gasteiger partial charge in [0.25, 0.3) is 0 Å². The Morgan fingerprint density at radius 2 is 2.14 bits per heavy atom. The van der Waals surface area contributed by atoms with Crippen molar-refractivity contribution in [2.75, 3.05) is 13.2 Å². The van der Waals surface area contributed by atoms with E-state index >= 15 is 0 Å². The number of aliphatic hydroxyl groups excluding tert-OH is 1. The highest BCUT2D eigenvalue weighted by Gasteiger charge is 2.33. The van der Waals surface area contributed by atoms with Gasteiger partial charge in [-0.05, 0) is 31.7 Å². The van der Waals surface area contributed by atoms with Crippen LogP contribution in [0.2, 0.25) is 0 Å². The minimum absolute atomic E-state index is 0.00150. The first-order valence-electron chi connectivity index (χ1n) is 7.01. The second-order valence-corrected chi connectivity index (χ2v) is 7.37. The highest BCUT2D eigenvalue weighted by atomic mass is 32.2. The minimum atomic E-state index is -3.55. The highest BCUT2D eigenvalue weighted by molar-refractivity contribution is 7.89. The summed E-state index contributed by atoms with van der Waals surface area (Å²) in [4.78, 5) is 4.11. The SMILES string of the molecule is CC1CCC(C)N(S(=O)(=O)c2cncc(C#CCO)c2)C1. The minimum Gasteiger partial charge on any atom is -0.384 e. The fourth-order valence-corrected chi connectivity index (χ4v) is 4.26. The standard InChI is InChI=1S/C15H20N2O3S/c1-12-5-6-13(2)17(11-12)21(19,20)15-8-14(4-3-7-18)9-16-10-15/h8-10,12-13,18H,5-7,11H2,1-2H3. The summed E-state index contributed by atoms with van der Waals surface area (Å²) in [6, 6.07) is 1.51. The first kappa shape index (κ1) is 16.0. The van der Waals surface area contributed by atoms with Gasteiger partial charge in [0.2, 0.25) is 10.0 Å². The number of pyridine rings is 1. The van der Waals surface area contributed by atoms with Gasteiger partial charge in [0, 0.05) is 30.5 Å². The predicted octanol–water partition coefficient (Wildman–Crippen LogP) is 1.23. The lowest BCUT2D eigenvalue weighted by Crippen LogP contribution is -2.44. The first-order valence-corrected chi connectivity index (χ1v) is 8.45. The Hall–Kier alpha value is -1.42. The maximum atomic E-state index is 12.8. The van der Waals surface area contributed by atoms with E-state index in [1.165, 1.54) is 18.5 Å². The number of nitrogens with zero attached hydrogens (tertiary/aromatic N) is 2. The maximum absolute atomic E-state index is 12.8. The number of piperidine rings is 1. The van der Waals surface area contributed by atoms with E-state index in [-0.39, 0.29) is 17.5 Å². The molecule has 21 heavy (non-hydrogen) atoms. The van der Waals surface area contributed by atoms with Crippen molar-refractivity contribution < 1.29 is 13.5 Å². The van der Waals surface area contributed by atoms with Gasteiger partial charge in [-0.1, -0.05) is 18.8 Å².